The highest BCUT2D eigenvalue weighted by molar-refractivity contribution is 7.89. The molecule has 1 fully saturated rings. The quantitative estimate of drug-likeness (QED) is 0.440. The minimum Gasteiger partial charge on any atom is -0.274 e. The first kappa shape index (κ1) is 20.8. The Morgan fingerprint density at radius 3 is 2.50 bits per heavy atom. The Hall–Kier alpha value is -3.07. The van der Waals surface area contributed by atoms with Crippen LogP contribution in [0.2, 0.25) is 0 Å². The summed E-state index contributed by atoms with van der Waals surface area (Å²) in [7, 11) is -3.82. The molecule has 1 saturated heterocycles. The second-order valence-corrected chi connectivity index (χ2v) is 10.2. The lowest BCUT2D eigenvalue weighted by Crippen LogP contribution is -2.37. The van der Waals surface area contributed by atoms with Crippen LogP contribution < -0.4 is 0 Å². The van der Waals surface area contributed by atoms with Crippen LogP contribution in [-0.2, 0) is 16.4 Å². The largest absolute Gasteiger partial charge is 0.274 e. The predicted octanol–water partition coefficient (Wildman–Crippen LogP) is 4.21. The number of rotatable bonds is 4. The fourth-order valence-electron chi connectivity index (χ4n) is 4.83. The third-order valence-corrected chi connectivity index (χ3v) is 8.23. The van der Waals surface area contributed by atoms with E-state index >= 15 is 0 Å². The van der Waals surface area contributed by atoms with Gasteiger partial charge in [-0.05, 0) is 42.2 Å². The van der Waals surface area contributed by atoms with Gasteiger partial charge in [0, 0.05) is 25.2 Å². The van der Waals surface area contributed by atoms with Gasteiger partial charge in [-0.2, -0.15) is 4.31 Å². The SMILES string of the molecule is Cc1ccc(S(=O)(=O)N2C[C@H]3c4ccccc4CCN3[C@@H]2c2cccc([N+](=O)[O-])c2)cc1. The van der Waals surface area contributed by atoms with Crippen LogP contribution in [0.3, 0.4) is 0 Å². The molecule has 0 bridgehead atoms. The van der Waals surface area contributed by atoms with Crippen molar-refractivity contribution in [2.24, 2.45) is 0 Å². The zero-order valence-electron chi connectivity index (χ0n) is 17.6. The van der Waals surface area contributed by atoms with Crippen molar-refractivity contribution >= 4 is 15.7 Å². The van der Waals surface area contributed by atoms with Crippen LogP contribution in [0.25, 0.3) is 0 Å². The molecule has 0 aliphatic carbocycles. The summed E-state index contributed by atoms with van der Waals surface area (Å²) in [4.78, 5) is 13.4. The lowest BCUT2D eigenvalue weighted by molar-refractivity contribution is -0.385. The van der Waals surface area contributed by atoms with Gasteiger partial charge in [-0.25, -0.2) is 8.42 Å². The van der Waals surface area contributed by atoms with E-state index in [0.717, 1.165) is 17.5 Å². The van der Waals surface area contributed by atoms with Gasteiger partial charge in [0.05, 0.1) is 15.9 Å². The number of aryl methyl sites for hydroxylation is 1. The number of hydrogen-bond donors (Lipinski definition) is 0. The van der Waals surface area contributed by atoms with E-state index in [4.69, 9.17) is 0 Å². The fraction of sp³-hybridized carbons (Fsp3) is 0.250. The predicted molar refractivity (Wildman–Crippen MR) is 121 cm³/mol. The first-order valence-electron chi connectivity index (χ1n) is 10.5. The third-order valence-electron chi connectivity index (χ3n) is 6.40. The number of fused-ring (bicyclic) bond motifs is 3. The molecule has 3 aromatic carbocycles. The van der Waals surface area contributed by atoms with E-state index in [9.17, 15) is 18.5 Å². The fourth-order valence-corrected chi connectivity index (χ4v) is 6.43. The van der Waals surface area contributed by atoms with Gasteiger partial charge in [-0.3, -0.25) is 15.0 Å². The van der Waals surface area contributed by atoms with E-state index < -0.39 is 21.1 Å². The first-order chi connectivity index (χ1) is 15.4. The van der Waals surface area contributed by atoms with Gasteiger partial charge in [0.2, 0.25) is 10.0 Å². The van der Waals surface area contributed by atoms with Gasteiger partial charge in [0.15, 0.2) is 0 Å². The number of nitrogens with zero attached hydrogens (tertiary/aromatic N) is 3. The first-order valence-corrected chi connectivity index (χ1v) is 12.0. The maximum atomic E-state index is 13.8. The van der Waals surface area contributed by atoms with Crippen LogP contribution in [0.15, 0.2) is 77.7 Å². The Bertz CT molecular complexity index is 1290. The molecule has 0 unspecified atom stereocenters. The average Bonchev–Trinajstić information content (AvgIpc) is 3.20. The smallest absolute Gasteiger partial charge is 0.269 e. The lowest BCUT2D eigenvalue weighted by Gasteiger charge is -2.35. The third kappa shape index (κ3) is 3.40. The minimum atomic E-state index is -3.82. The van der Waals surface area contributed by atoms with Gasteiger partial charge >= 0.3 is 0 Å². The van der Waals surface area contributed by atoms with Gasteiger partial charge in [0.1, 0.15) is 6.17 Å². The second-order valence-electron chi connectivity index (χ2n) is 8.32. The summed E-state index contributed by atoms with van der Waals surface area (Å²) in [6.07, 6.45) is 0.191. The summed E-state index contributed by atoms with van der Waals surface area (Å²) in [5, 5.41) is 11.4. The topological polar surface area (TPSA) is 83.8 Å². The highest BCUT2D eigenvalue weighted by atomic mass is 32.2. The molecule has 2 aliphatic heterocycles. The van der Waals surface area contributed by atoms with Crippen molar-refractivity contribution in [1.29, 1.82) is 0 Å². The van der Waals surface area contributed by atoms with Crippen LogP contribution >= 0.6 is 0 Å². The monoisotopic (exact) mass is 449 g/mol. The Kier molecular flexibility index (Phi) is 5.08. The molecule has 5 rings (SSSR count). The average molecular weight is 450 g/mol. The zero-order valence-corrected chi connectivity index (χ0v) is 18.4. The van der Waals surface area contributed by atoms with Crippen LogP contribution in [0, 0.1) is 17.0 Å². The molecule has 0 aromatic heterocycles. The number of nitro groups is 1. The molecule has 7 nitrogen and oxygen atoms in total. The van der Waals surface area contributed by atoms with E-state index in [1.54, 1.807) is 36.4 Å². The highest BCUT2D eigenvalue weighted by Gasteiger charge is 2.48. The number of benzene rings is 3. The van der Waals surface area contributed by atoms with Crippen LogP contribution in [-0.4, -0.2) is 35.6 Å². The molecule has 2 heterocycles. The van der Waals surface area contributed by atoms with E-state index in [-0.39, 0.29) is 16.6 Å². The normalized spacial score (nSPS) is 21.2. The van der Waals surface area contributed by atoms with E-state index in [1.807, 2.05) is 19.1 Å². The Morgan fingerprint density at radius 1 is 1.00 bits per heavy atom. The Labute approximate surface area is 187 Å². The number of non-ortho nitro benzene ring substituents is 1. The molecule has 0 saturated carbocycles. The summed E-state index contributed by atoms with van der Waals surface area (Å²) >= 11 is 0. The van der Waals surface area contributed by atoms with Gasteiger partial charge in [0.25, 0.3) is 5.69 Å². The van der Waals surface area contributed by atoms with E-state index in [2.05, 4.69) is 17.0 Å². The van der Waals surface area contributed by atoms with Crippen molar-refractivity contribution in [3.63, 3.8) is 0 Å². The molecule has 32 heavy (non-hydrogen) atoms. The summed E-state index contributed by atoms with van der Waals surface area (Å²) < 4.78 is 29.0. The maximum Gasteiger partial charge on any atom is 0.269 e. The highest BCUT2D eigenvalue weighted by Crippen LogP contribution is 2.47. The number of sulfonamides is 1. The summed E-state index contributed by atoms with van der Waals surface area (Å²) in [6.45, 7) is 2.88. The summed E-state index contributed by atoms with van der Waals surface area (Å²) in [6, 6.07) is 21.2. The van der Waals surface area contributed by atoms with Crippen molar-refractivity contribution in [2.75, 3.05) is 13.1 Å². The van der Waals surface area contributed by atoms with E-state index in [1.165, 1.54) is 22.0 Å². The lowest BCUT2D eigenvalue weighted by atomic mass is 9.93. The molecular weight excluding hydrogens is 426 g/mol. The summed E-state index contributed by atoms with van der Waals surface area (Å²) in [5.74, 6) is 0. The molecule has 3 aromatic rings. The zero-order chi connectivity index (χ0) is 22.5. The number of nitro benzene ring substituents is 1. The molecule has 0 N–H and O–H groups in total. The van der Waals surface area contributed by atoms with Crippen molar-refractivity contribution < 1.29 is 13.3 Å². The van der Waals surface area contributed by atoms with Crippen LogP contribution in [0.1, 0.15) is 34.5 Å². The molecule has 0 spiro atoms. The molecule has 8 heteroatoms. The van der Waals surface area contributed by atoms with Crippen molar-refractivity contribution in [3.05, 3.63) is 105 Å². The standard InChI is InChI=1S/C24H23N3O4S/c1-17-9-11-21(12-10-17)32(30,31)26-16-23-22-8-3-2-5-18(22)13-14-25(23)24(26)19-6-4-7-20(15-19)27(28)29/h2-12,15,23-24H,13-14,16H2,1H3/t23-,24-/m0/s1. The van der Waals surface area contributed by atoms with E-state index in [0.29, 0.717) is 18.7 Å². The van der Waals surface area contributed by atoms with Crippen LogP contribution in [0.4, 0.5) is 5.69 Å². The van der Waals surface area contributed by atoms with Crippen molar-refractivity contribution in [3.8, 4) is 0 Å². The van der Waals surface area contributed by atoms with Crippen molar-refractivity contribution in [1.82, 2.24) is 9.21 Å². The number of hydrogen-bond acceptors (Lipinski definition) is 5. The second kappa shape index (κ2) is 7.81. The maximum absolute atomic E-state index is 13.8. The van der Waals surface area contributed by atoms with Crippen molar-refractivity contribution in [2.45, 2.75) is 30.4 Å². The molecule has 0 radical (unpaired) electrons. The molecular formula is C24H23N3O4S. The molecule has 2 atom stereocenters. The Morgan fingerprint density at radius 2 is 1.75 bits per heavy atom. The molecule has 0 amide bonds. The van der Waals surface area contributed by atoms with Gasteiger partial charge in [-0.15, -0.1) is 0 Å². The van der Waals surface area contributed by atoms with Gasteiger partial charge < -0.3 is 0 Å². The minimum absolute atomic E-state index is 0.0453. The molecule has 164 valence electrons. The summed E-state index contributed by atoms with van der Waals surface area (Å²) in [5.41, 5.74) is 3.89. The van der Waals surface area contributed by atoms with Gasteiger partial charge in [-0.1, -0.05) is 54.1 Å². The Balaban J connectivity index is 1.65. The van der Waals surface area contributed by atoms with Crippen LogP contribution in [0.5, 0.6) is 0 Å². The molecule has 2 aliphatic rings.